The highest BCUT2D eigenvalue weighted by molar-refractivity contribution is 5.47. The molecule has 0 amide bonds. The van der Waals surface area contributed by atoms with Crippen molar-refractivity contribution < 1.29 is 14.6 Å². The average molecular weight is 191 g/mol. The second kappa shape index (κ2) is 3.56. The topological polar surface area (TPSA) is 62.5 Å². The molecule has 1 N–H and O–H groups in total. The van der Waals surface area contributed by atoms with Gasteiger partial charge in [-0.25, -0.2) is 0 Å². The lowest BCUT2D eigenvalue weighted by atomic mass is 10.2. The SMILES string of the molecule is N#Cc1ccc2c(c1)O[C@@H](CO)CO2. The van der Waals surface area contributed by atoms with Crippen molar-refractivity contribution in [3.05, 3.63) is 23.8 Å². The first-order valence-corrected chi connectivity index (χ1v) is 4.28. The minimum atomic E-state index is -0.337. The molecule has 0 aromatic heterocycles. The summed E-state index contributed by atoms with van der Waals surface area (Å²) >= 11 is 0. The van der Waals surface area contributed by atoms with Gasteiger partial charge in [-0.1, -0.05) is 0 Å². The number of hydrogen-bond acceptors (Lipinski definition) is 4. The van der Waals surface area contributed by atoms with E-state index in [-0.39, 0.29) is 12.7 Å². The van der Waals surface area contributed by atoms with Gasteiger partial charge in [-0.2, -0.15) is 5.26 Å². The van der Waals surface area contributed by atoms with Crippen LogP contribution in [0.1, 0.15) is 5.56 Å². The van der Waals surface area contributed by atoms with E-state index in [0.717, 1.165) is 0 Å². The number of aliphatic hydroxyl groups excluding tert-OH is 1. The molecule has 72 valence electrons. The summed E-state index contributed by atoms with van der Waals surface area (Å²) in [6.07, 6.45) is -0.337. The molecule has 1 aromatic carbocycles. The van der Waals surface area contributed by atoms with Gasteiger partial charge in [-0.05, 0) is 12.1 Å². The maximum atomic E-state index is 8.87. The zero-order chi connectivity index (χ0) is 9.97. The van der Waals surface area contributed by atoms with Crippen LogP contribution in [0.3, 0.4) is 0 Å². The summed E-state index contributed by atoms with van der Waals surface area (Å²) < 4.78 is 10.7. The zero-order valence-electron chi connectivity index (χ0n) is 7.43. The zero-order valence-corrected chi connectivity index (χ0v) is 7.43. The van der Waals surface area contributed by atoms with Gasteiger partial charge in [0.05, 0.1) is 18.2 Å². The molecule has 1 heterocycles. The lowest BCUT2D eigenvalue weighted by molar-refractivity contribution is 0.0456. The van der Waals surface area contributed by atoms with Crippen LogP contribution in [-0.2, 0) is 0 Å². The van der Waals surface area contributed by atoms with E-state index < -0.39 is 0 Å². The Bertz CT molecular complexity index is 383. The highest BCUT2D eigenvalue weighted by Crippen LogP contribution is 2.32. The molecule has 0 radical (unpaired) electrons. The van der Waals surface area contributed by atoms with Crippen molar-refractivity contribution in [1.29, 1.82) is 5.26 Å². The maximum absolute atomic E-state index is 8.87. The molecule has 2 rings (SSSR count). The van der Waals surface area contributed by atoms with Gasteiger partial charge in [0, 0.05) is 6.07 Å². The van der Waals surface area contributed by atoms with Gasteiger partial charge in [0.2, 0.25) is 0 Å². The summed E-state index contributed by atoms with van der Waals surface area (Å²) in [5.74, 6) is 1.14. The molecule has 1 atom stereocenters. The Morgan fingerprint density at radius 1 is 1.50 bits per heavy atom. The molecule has 14 heavy (non-hydrogen) atoms. The van der Waals surface area contributed by atoms with Crippen molar-refractivity contribution in [2.24, 2.45) is 0 Å². The quantitative estimate of drug-likeness (QED) is 0.709. The van der Waals surface area contributed by atoms with E-state index in [1.165, 1.54) is 0 Å². The fourth-order valence-corrected chi connectivity index (χ4v) is 1.28. The van der Waals surface area contributed by atoms with Crippen molar-refractivity contribution in [2.45, 2.75) is 6.10 Å². The second-order valence-corrected chi connectivity index (χ2v) is 3.01. The van der Waals surface area contributed by atoms with Crippen LogP contribution in [-0.4, -0.2) is 24.4 Å². The Labute approximate surface area is 81.3 Å². The first kappa shape index (κ1) is 8.85. The van der Waals surface area contributed by atoms with Crippen LogP contribution in [0.5, 0.6) is 11.5 Å². The first-order valence-electron chi connectivity index (χ1n) is 4.28. The maximum Gasteiger partial charge on any atom is 0.163 e. The number of aliphatic hydroxyl groups is 1. The summed E-state index contributed by atoms with van der Waals surface area (Å²) in [6, 6.07) is 6.98. The first-order chi connectivity index (χ1) is 6.83. The fraction of sp³-hybridized carbons (Fsp3) is 0.300. The Kier molecular flexibility index (Phi) is 2.25. The number of nitrogens with zero attached hydrogens (tertiary/aromatic N) is 1. The van der Waals surface area contributed by atoms with Crippen LogP contribution in [0.15, 0.2) is 18.2 Å². The minimum absolute atomic E-state index is 0.0871. The van der Waals surface area contributed by atoms with E-state index in [4.69, 9.17) is 19.8 Å². The summed E-state index contributed by atoms with van der Waals surface area (Å²) in [4.78, 5) is 0. The van der Waals surface area contributed by atoms with Gasteiger partial charge in [0.15, 0.2) is 17.6 Å². The van der Waals surface area contributed by atoms with Crippen LogP contribution in [0.2, 0.25) is 0 Å². The van der Waals surface area contributed by atoms with Gasteiger partial charge in [-0.15, -0.1) is 0 Å². The molecular formula is C10H9NO3. The molecule has 0 unspecified atom stereocenters. The highest BCUT2D eigenvalue weighted by Gasteiger charge is 2.20. The van der Waals surface area contributed by atoms with Gasteiger partial charge in [-0.3, -0.25) is 0 Å². The highest BCUT2D eigenvalue weighted by atomic mass is 16.6. The number of benzene rings is 1. The van der Waals surface area contributed by atoms with Crippen LogP contribution < -0.4 is 9.47 Å². The minimum Gasteiger partial charge on any atom is -0.486 e. The number of nitriles is 1. The molecule has 0 fully saturated rings. The van der Waals surface area contributed by atoms with E-state index in [9.17, 15) is 0 Å². The third-order valence-corrected chi connectivity index (χ3v) is 1.99. The molecule has 1 aliphatic heterocycles. The third kappa shape index (κ3) is 1.50. The van der Waals surface area contributed by atoms with E-state index in [2.05, 4.69) is 0 Å². The molecule has 4 nitrogen and oxygen atoms in total. The van der Waals surface area contributed by atoms with E-state index >= 15 is 0 Å². The Morgan fingerprint density at radius 2 is 2.36 bits per heavy atom. The fourth-order valence-electron chi connectivity index (χ4n) is 1.28. The predicted octanol–water partition coefficient (Wildman–Crippen LogP) is 0.690. The molecule has 1 aromatic rings. The number of rotatable bonds is 1. The average Bonchev–Trinajstić information content (AvgIpc) is 2.27. The van der Waals surface area contributed by atoms with Gasteiger partial charge >= 0.3 is 0 Å². The van der Waals surface area contributed by atoms with E-state index in [1.807, 2.05) is 6.07 Å². The molecule has 0 bridgehead atoms. The van der Waals surface area contributed by atoms with Crippen LogP contribution in [0.25, 0.3) is 0 Å². The molecule has 0 aliphatic carbocycles. The van der Waals surface area contributed by atoms with Crippen molar-refractivity contribution in [1.82, 2.24) is 0 Å². The van der Waals surface area contributed by atoms with Crippen LogP contribution in [0, 0.1) is 11.3 Å². The van der Waals surface area contributed by atoms with Crippen molar-refractivity contribution in [3.63, 3.8) is 0 Å². The van der Waals surface area contributed by atoms with Crippen molar-refractivity contribution in [2.75, 3.05) is 13.2 Å². The number of hydrogen-bond donors (Lipinski definition) is 1. The monoisotopic (exact) mass is 191 g/mol. The lowest BCUT2D eigenvalue weighted by Crippen LogP contribution is -2.32. The van der Waals surface area contributed by atoms with Crippen molar-refractivity contribution in [3.8, 4) is 17.6 Å². The molecule has 1 aliphatic rings. The smallest absolute Gasteiger partial charge is 0.163 e. The standard InChI is InChI=1S/C10H9NO3/c11-4-7-1-2-9-10(3-7)14-8(5-12)6-13-9/h1-3,8,12H,5-6H2/t8-/m0/s1. The number of ether oxygens (including phenoxy) is 2. The molecule has 0 saturated heterocycles. The van der Waals surface area contributed by atoms with Gasteiger partial charge in [0.1, 0.15) is 6.61 Å². The Balaban J connectivity index is 2.31. The van der Waals surface area contributed by atoms with E-state index in [0.29, 0.717) is 23.7 Å². The second-order valence-electron chi connectivity index (χ2n) is 3.01. The van der Waals surface area contributed by atoms with Gasteiger partial charge in [0.25, 0.3) is 0 Å². The summed E-state index contributed by atoms with van der Waals surface area (Å²) in [7, 11) is 0. The van der Waals surface area contributed by atoms with Gasteiger partial charge < -0.3 is 14.6 Å². The summed E-state index contributed by atoms with van der Waals surface area (Å²) in [6.45, 7) is 0.256. The molecular weight excluding hydrogens is 182 g/mol. The summed E-state index contributed by atoms with van der Waals surface area (Å²) in [5.41, 5.74) is 0.519. The molecule has 4 heteroatoms. The Morgan fingerprint density at radius 3 is 3.07 bits per heavy atom. The third-order valence-electron chi connectivity index (χ3n) is 1.99. The Hall–Kier alpha value is -1.73. The molecule has 0 spiro atoms. The number of fused-ring (bicyclic) bond motifs is 1. The van der Waals surface area contributed by atoms with Crippen molar-refractivity contribution >= 4 is 0 Å². The lowest BCUT2D eigenvalue weighted by Gasteiger charge is -2.24. The van der Waals surface area contributed by atoms with Crippen LogP contribution in [0.4, 0.5) is 0 Å². The van der Waals surface area contributed by atoms with E-state index in [1.54, 1.807) is 18.2 Å². The van der Waals surface area contributed by atoms with Crippen LogP contribution >= 0.6 is 0 Å². The molecule has 0 saturated carbocycles. The normalized spacial score (nSPS) is 18.7. The largest absolute Gasteiger partial charge is 0.486 e. The predicted molar refractivity (Wildman–Crippen MR) is 48.2 cm³/mol. The summed E-state index contributed by atoms with van der Waals surface area (Å²) in [5, 5.41) is 17.5.